The molecule has 0 radical (unpaired) electrons. The first-order valence-electron chi connectivity index (χ1n) is 10.1. The Morgan fingerprint density at radius 1 is 0.933 bits per heavy atom. The van der Waals surface area contributed by atoms with E-state index in [4.69, 9.17) is 9.47 Å². The first-order valence-corrected chi connectivity index (χ1v) is 11.6. The van der Waals surface area contributed by atoms with Crippen molar-refractivity contribution in [1.29, 1.82) is 0 Å². The molecule has 0 spiro atoms. The second-order valence-electron chi connectivity index (χ2n) is 7.20. The van der Waals surface area contributed by atoms with Crippen LogP contribution in [0.4, 0.5) is 11.4 Å². The van der Waals surface area contributed by atoms with E-state index in [1.54, 1.807) is 36.4 Å². The van der Waals surface area contributed by atoms with Crippen LogP contribution in [0.2, 0.25) is 0 Å². The van der Waals surface area contributed by atoms with Crippen LogP contribution in [0, 0.1) is 0 Å². The van der Waals surface area contributed by atoms with E-state index in [9.17, 15) is 8.42 Å². The molecule has 0 aromatic heterocycles. The zero-order valence-electron chi connectivity index (χ0n) is 16.9. The summed E-state index contributed by atoms with van der Waals surface area (Å²) in [7, 11) is -3.94. The third kappa shape index (κ3) is 4.35. The Kier molecular flexibility index (Phi) is 6.06. The molecule has 0 aliphatic carbocycles. The molecule has 0 amide bonds. The molecule has 6 heteroatoms. The number of aryl methyl sites for hydroxylation is 1. The molecule has 0 bridgehead atoms. The summed E-state index contributed by atoms with van der Waals surface area (Å²) in [6.07, 6.45) is 1.66. The quantitative estimate of drug-likeness (QED) is 0.457. The van der Waals surface area contributed by atoms with Crippen molar-refractivity contribution in [2.45, 2.75) is 30.8 Å². The van der Waals surface area contributed by atoms with Gasteiger partial charge in [0.25, 0.3) is 10.0 Å². The van der Waals surface area contributed by atoms with Gasteiger partial charge in [0.2, 0.25) is 0 Å². The van der Waals surface area contributed by atoms with E-state index >= 15 is 0 Å². The van der Waals surface area contributed by atoms with Gasteiger partial charge in [-0.15, -0.1) is 0 Å². The Morgan fingerprint density at radius 3 is 2.07 bits per heavy atom. The van der Waals surface area contributed by atoms with Gasteiger partial charge in [-0.05, 0) is 42.3 Å². The first-order chi connectivity index (χ1) is 14.6. The highest BCUT2D eigenvalue weighted by molar-refractivity contribution is 7.93. The predicted octanol–water partition coefficient (Wildman–Crippen LogP) is 4.94. The minimum atomic E-state index is -3.94. The molecular formula is C24H25NO4S. The van der Waals surface area contributed by atoms with Gasteiger partial charge in [0.05, 0.1) is 18.0 Å². The van der Waals surface area contributed by atoms with Crippen LogP contribution in [0.1, 0.15) is 18.9 Å². The highest BCUT2D eigenvalue weighted by atomic mass is 32.2. The van der Waals surface area contributed by atoms with Crippen molar-refractivity contribution in [1.82, 2.24) is 0 Å². The second-order valence-corrected chi connectivity index (χ2v) is 8.96. The summed E-state index contributed by atoms with van der Waals surface area (Å²) in [4.78, 5) is 0.168. The third-order valence-electron chi connectivity index (χ3n) is 4.90. The van der Waals surface area contributed by atoms with Crippen molar-refractivity contribution >= 4 is 21.4 Å². The molecule has 1 unspecified atom stereocenters. The average molecular weight is 424 g/mol. The summed E-state index contributed by atoms with van der Waals surface area (Å²) in [5, 5.41) is 0. The van der Waals surface area contributed by atoms with Gasteiger partial charge in [-0.25, -0.2) is 12.7 Å². The standard InChI is InChI=1S/C24H25NO4S/c1-2-10-19-11-9-16-23(24(19)29-18-22-17-28-22)30(26,27)25(20-12-5-3-6-13-20)21-14-7-4-8-15-21/h3-9,11-16,22H,2,10,17-18H2,1H3. The zero-order valence-corrected chi connectivity index (χ0v) is 17.7. The molecule has 1 aliphatic heterocycles. The molecule has 0 N–H and O–H groups in total. The smallest absolute Gasteiger partial charge is 0.272 e. The minimum Gasteiger partial charge on any atom is -0.489 e. The number of epoxide rings is 1. The predicted molar refractivity (Wildman–Crippen MR) is 118 cm³/mol. The Bertz CT molecular complexity index is 1040. The summed E-state index contributed by atoms with van der Waals surface area (Å²) >= 11 is 0. The Morgan fingerprint density at radius 2 is 1.53 bits per heavy atom. The summed E-state index contributed by atoms with van der Waals surface area (Å²) in [5.74, 6) is 0.423. The Labute approximate surface area is 177 Å². The number of nitrogens with zero attached hydrogens (tertiary/aromatic N) is 1. The summed E-state index contributed by atoms with van der Waals surface area (Å²) in [5.41, 5.74) is 2.03. The maximum Gasteiger partial charge on any atom is 0.272 e. The number of hydrogen-bond acceptors (Lipinski definition) is 4. The lowest BCUT2D eigenvalue weighted by Crippen LogP contribution is -2.27. The fourth-order valence-corrected chi connectivity index (χ4v) is 5.06. The largest absolute Gasteiger partial charge is 0.489 e. The number of para-hydroxylation sites is 3. The Balaban J connectivity index is 1.84. The van der Waals surface area contributed by atoms with Crippen LogP contribution < -0.4 is 9.04 Å². The molecule has 0 saturated carbocycles. The van der Waals surface area contributed by atoms with E-state index in [0.717, 1.165) is 18.4 Å². The van der Waals surface area contributed by atoms with Crippen molar-refractivity contribution in [3.63, 3.8) is 0 Å². The van der Waals surface area contributed by atoms with Crippen molar-refractivity contribution in [3.8, 4) is 5.75 Å². The van der Waals surface area contributed by atoms with Crippen molar-refractivity contribution < 1.29 is 17.9 Å². The summed E-state index contributed by atoms with van der Waals surface area (Å²) in [6.45, 7) is 3.06. The number of hydrogen-bond donors (Lipinski definition) is 0. The van der Waals surface area contributed by atoms with Crippen LogP contribution in [-0.2, 0) is 21.2 Å². The SMILES string of the molecule is CCCc1cccc(S(=O)(=O)N(c2ccccc2)c2ccccc2)c1OCC1CO1. The van der Waals surface area contributed by atoms with Gasteiger partial charge in [-0.3, -0.25) is 0 Å². The molecule has 156 valence electrons. The number of anilines is 2. The van der Waals surface area contributed by atoms with Crippen LogP contribution in [0.3, 0.4) is 0 Å². The molecular weight excluding hydrogens is 398 g/mol. The van der Waals surface area contributed by atoms with E-state index < -0.39 is 10.0 Å². The number of ether oxygens (including phenoxy) is 2. The summed E-state index contributed by atoms with van der Waals surface area (Å²) in [6, 6.07) is 23.6. The topological polar surface area (TPSA) is 59.1 Å². The zero-order chi connectivity index (χ0) is 21.0. The number of rotatable bonds is 9. The van der Waals surface area contributed by atoms with E-state index in [-0.39, 0.29) is 11.0 Å². The van der Waals surface area contributed by atoms with Gasteiger partial charge in [0, 0.05) is 0 Å². The molecule has 1 fully saturated rings. The van der Waals surface area contributed by atoms with Gasteiger partial charge >= 0.3 is 0 Å². The monoisotopic (exact) mass is 423 g/mol. The average Bonchev–Trinajstić information content (AvgIpc) is 3.59. The van der Waals surface area contributed by atoms with E-state index in [1.807, 2.05) is 42.5 Å². The van der Waals surface area contributed by atoms with Gasteiger partial charge in [0.1, 0.15) is 23.4 Å². The fraction of sp³-hybridized carbons (Fsp3) is 0.250. The molecule has 3 aromatic carbocycles. The fourth-order valence-electron chi connectivity index (χ4n) is 3.39. The first kappa shape index (κ1) is 20.4. The van der Waals surface area contributed by atoms with Gasteiger partial charge < -0.3 is 9.47 Å². The van der Waals surface area contributed by atoms with Gasteiger partial charge in [-0.1, -0.05) is 61.9 Å². The van der Waals surface area contributed by atoms with Crippen molar-refractivity contribution in [2.24, 2.45) is 0 Å². The lowest BCUT2D eigenvalue weighted by atomic mass is 10.1. The lowest BCUT2D eigenvalue weighted by Gasteiger charge is -2.26. The van der Waals surface area contributed by atoms with Crippen LogP contribution in [0.15, 0.2) is 83.8 Å². The molecule has 3 aromatic rings. The van der Waals surface area contributed by atoms with E-state index in [2.05, 4.69) is 6.92 Å². The number of benzene rings is 3. The van der Waals surface area contributed by atoms with Crippen molar-refractivity contribution in [3.05, 3.63) is 84.4 Å². The van der Waals surface area contributed by atoms with Crippen LogP contribution in [-0.4, -0.2) is 27.7 Å². The normalized spacial score (nSPS) is 15.6. The van der Waals surface area contributed by atoms with Crippen LogP contribution in [0.25, 0.3) is 0 Å². The second kappa shape index (κ2) is 8.90. The highest BCUT2D eigenvalue weighted by Crippen LogP contribution is 2.37. The number of sulfonamides is 1. The molecule has 1 aliphatic rings. The molecule has 1 heterocycles. The minimum absolute atomic E-state index is 0.0367. The molecule has 1 atom stereocenters. The summed E-state index contributed by atoms with van der Waals surface area (Å²) < 4.78 is 40.6. The van der Waals surface area contributed by atoms with E-state index in [1.165, 1.54) is 4.31 Å². The maximum atomic E-state index is 14.0. The van der Waals surface area contributed by atoms with Crippen LogP contribution in [0.5, 0.6) is 5.75 Å². The van der Waals surface area contributed by atoms with Gasteiger partial charge in [0.15, 0.2) is 0 Å². The van der Waals surface area contributed by atoms with Gasteiger partial charge in [-0.2, -0.15) is 0 Å². The lowest BCUT2D eigenvalue weighted by molar-refractivity contribution is 0.256. The molecule has 1 saturated heterocycles. The van der Waals surface area contributed by atoms with Crippen LogP contribution >= 0.6 is 0 Å². The molecule has 5 nitrogen and oxygen atoms in total. The molecule has 30 heavy (non-hydrogen) atoms. The molecule has 4 rings (SSSR count). The third-order valence-corrected chi connectivity index (χ3v) is 6.68. The van der Waals surface area contributed by atoms with Crippen molar-refractivity contribution in [2.75, 3.05) is 17.5 Å². The maximum absolute atomic E-state index is 14.0. The van der Waals surface area contributed by atoms with E-state index in [0.29, 0.717) is 30.3 Å². The highest BCUT2D eigenvalue weighted by Gasteiger charge is 2.32. The Hall–Kier alpha value is -2.83.